The van der Waals surface area contributed by atoms with Crippen molar-refractivity contribution in [1.82, 2.24) is 4.98 Å². The van der Waals surface area contributed by atoms with Crippen molar-refractivity contribution in [2.75, 3.05) is 0 Å². The van der Waals surface area contributed by atoms with Crippen molar-refractivity contribution in [2.45, 2.75) is 10.1 Å². The number of aromatic nitrogens is 1. The molecule has 2 aromatic carbocycles. The number of benzene rings is 2. The van der Waals surface area contributed by atoms with Gasteiger partial charge in [0.2, 0.25) is 0 Å². The molecule has 0 unspecified atom stereocenters. The van der Waals surface area contributed by atoms with Crippen molar-refractivity contribution < 1.29 is 10.0 Å². The first-order valence-electron chi connectivity index (χ1n) is 6.16. The first kappa shape index (κ1) is 13.6. The summed E-state index contributed by atoms with van der Waals surface area (Å²) >= 11 is 3.39. The van der Waals surface area contributed by atoms with Crippen LogP contribution in [0.4, 0.5) is 0 Å². The number of nitrogens with zero attached hydrogens (tertiary/aromatic N) is 1. The van der Waals surface area contributed by atoms with Gasteiger partial charge in [0, 0.05) is 5.75 Å². The van der Waals surface area contributed by atoms with Crippen LogP contribution in [0.5, 0.6) is 0 Å². The van der Waals surface area contributed by atoms with Crippen molar-refractivity contribution in [1.29, 1.82) is 0 Å². The highest BCUT2D eigenvalue weighted by Gasteiger charge is 2.10. The van der Waals surface area contributed by atoms with E-state index in [4.69, 9.17) is 10.0 Å². The molecule has 6 heteroatoms. The first-order valence-corrected chi connectivity index (χ1v) is 7.96. The summed E-state index contributed by atoms with van der Waals surface area (Å²) in [5.74, 6) is 0.821. The van der Waals surface area contributed by atoms with Crippen LogP contribution in [-0.4, -0.2) is 22.2 Å². The SMILES string of the molecule is OB(O)c1ccc(CSc2nc3ccccc3s2)cc1. The van der Waals surface area contributed by atoms with Crippen molar-refractivity contribution in [3.63, 3.8) is 0 Å². The molecule has 20 heavy (non-hydrogen) atoms. The Bertz CT molecular complexity index is 680. The van der Waals surface area contributed by atoms with Gasteiger partial charge in [-0.3, -0.25) is 0 Å². The van der Waals surface area contributed by atoms with Crippen LogP contribution in [-0.2, 0) is 5.75 Å². The molecule has 0 saturated heterocycles. The fourth-order valence-corrected chi connectivity index (χ4v) is 3.87. The van der Waals surface area contributed by atoms with E-state index in [-0.39, 0.29) is 0 Å². The van der Waals surface area contributed by atoms with Gasteiger partial charge in [-0.05, 0) is 23.2 Å². The molecule has 0 amide bonds. The van der Waals surface area contributed by atoms with Crippen molar-refractivity contribution in [3.8, 4) is 0 Å². The van der Waals surface area contributed by atoms with Gasteiger partial charge in [0.1, 0.15) is 0 Å². The van der Waals surface area contributed by atoms with Crippen LogP contribution >= 0.6 is 23.1 Å². The fourth-order valence-electron chi connectivity index (χ4n) is 1.84. The van der Waals surface area contributed by atoms with Crippen LogP contribution in [0.2, 0.25) is 0 Å². The topological polar surface area (TPSA) is 53.4 Å². The van der Waals surface area contributed by atoms with Crippen molar-refractivity contribution in [3.05, 3.63) is 54.1 Å². The lowest BCUT2D eigenvalue weighted by Crippen LogP contribution is -2.29. The zero-order chi connectivity index (χ0) is 13.9. The van der Waals surface area contributed by atoms with E-state index in [2.05, 4.69) is 11.1 Å². The Balaban J connectivity index is 1.69. The lowest BCUT2D eigenvalue weighted by atomic mass is 9.80. The van der Waals surface area contributed by atoms with Gasteiger partial charge >= 0.3 is 7.12 Å². The third-order valence-corrected chi connectivity index (χ3v) is 5.16. The summed E-state index contributed by atoms with van der Waals surface area (Å²) in [7, 11) is -1.40. The van der Waals surface area contributed by atoms with Crippen LogP contribution in [0.3, 0.4) is 0 Å². The second-order valence-corrected chi connectivity index (χ2v) is 6.60. The Labute approximate surface area is 125 Å². The first-order chi connectivity index (χ1) is 9.72. The Kier molecular flexibility index (Phi) is 4.07. The number of rotatable bonds is 4. The lowest BCUT2D eigenvalue weighted by molar-refractivity contribution is 0.426. The van der Waals surface area contributed by atoms with Gasteiger partial charge < -0.3 is 10.0 Å². The Morgan fingerprint density at radius 1 is 1.05 bits per heavy atom. The summed E-state index contributed by atoms with van der Waals surface area (Å²) in [4.78, 5) is 4.58. The summed E-state index contributed by atoms with van der Waals surface area (Å²) in [6, 6.07) is 15.4. The van der Waals surface area contributed by atoms with E-state index in [1.165, 1.54) is 4.70 Å². The number of hydrogen-bond donors (Lipinski definition) is 2. The molecule has 3 nitrogen and oxygen atoms in total. The minimum atomic E-state index is -1.40. The van der Waals surface area contributed by atoms with Crippen LogP contribution in [0.1, 0.15) is 5.56 Å². The predicted octanol–water partition coefficient (Wildman–Crippen LogP) is 2.27. The zero-order valence-electron chi connectivity index (χ0n) is 10.6. The molecule has 0 aliphatic heterocycles. The van der Waals surface area contributed by atoms with Crippen LogP contribution < -0.4 is 5.46 Å². The Hall–Kier alpha value is -1.34. The van der Waals surface area contributed by atoms with E-state index in [1.807, 2.05) is 30.3 Å². The predicted molar refractivity (Wildman–Crippen MR) is 85.4 cm³/mol. The summed E-state index contributed by atoms with van der Waals surface area (Å²) in [5.41, 5.74) is 2.69. The van der Waals surface area contributed by atoms with Crippen molar-refractivity contribution >= 4 is 45.9 Å². The molecule has 0 atom stereocenters. The monoisotopic (exact) mass is 301 g/mol. The quantitative estimate of drug-likeness (QED) is 0.573. The number of thiazole rings is 1. The lowest BCUT2D eigenvalue weighted by Gasteiger charge is -2.02. The number of thioether (sulfide) groups is 1. The van der Waals surface area contributed by atoms with Gasteiger partial charge in [0.05, 0.1) is 10.2 Å². The summed E-state index contributed by atoms with van der Waals surface area (Å²) in [5, 5.41) is 18.1. The molecule has 0 bridgehead atoms. The van der Waals surface area contributed by atoms with Gasteiger partial charge in [-0.2, -0.15) is 0 Å². The van der Waals surface area contributed by atoms with E-state index >= 15 is 0 Å². The summed E-state index contributed by atoms with van der Waals surface area (Å²) < 4.78 is 2.26. The van der Waals surface area contributed by atoms with E-state index in [9.17, 15) is 0 Å². The average molecular weight is 301 g/mol. The molecule has 0 radical (unpaired) electrons. The van der Waals surface area contributed by atoms with Crippen molar-refractivity contribution in [2.24, 2.45) is 0 Å². The summed E-state index contributed by atoms with van der Waals surface area (Å²) in [6.45, 7) is 0. The third-order valence-electron chi connectivity index (χ3n) is 2.91. The molecule has 2 N–H and O–H groups in total. The van der Waals surface area contributed by atoms with Crippen LogP contribution in [0.15, 0.2) is 52.9 Å². The number of para-hydroxylation sites is 1. The molecule has 3 rings (SSSR count). The second-order valence-electron chi connectivity index (χ2n) is 4.35. The molecule has 100 valence electrons. The minimum absolute atomic E-state index is 0.513. The average Bonchev–Trinajstić information content (AvgIpc) is 2.88. The standard InChI is InChI=1S/C14H12BNO2S2/c17-15(18)11-7-5-10(6-8-11)9-19-14-16-12-3-1-2-4-13(12)20-14/h1-8,17-18H,9H2. The molecular weight excluding hydrogens is 289 g/mol. The molecule has 1 aromatic heterocycles. The molecule has 0 fully saturated rings. The van der Waals surface area contributed by atoms with Gasteiger partial charge in [-0.25, -0.2) is 4.98 Å². The number of fused-ring (bicyclic) bond motifs is 1. The molecule has 1 heterocycles. The van der Waals surface area contributed by atoms with Gasteiger partial charge in [0.15, 0.2) is 4.34 Å². The van der Waals surface area contributed by atoms with E-state index < -0.39 is 7.12 Å². The molecule has 0 spiro atoms. The molecule has 3 aromatic rings. The molecule has 0 saturated carbocycles. The largest absolute Gasteiger partial charge is 0.488 e. The highest BCUT2D eigenvalue weighted by molar-refractivity contribution is 8.00. The second kappa shape index (κ2) is 5.97. The molecule has 0 aliphatic carbocycles. The highest BCUT2D eigenvalue weighted by atomic mass is 32.2. The highest BCUT2D eigenvalue weighted by Crippen LogP contribution is 2.31. The maximum absolute atomic E-state index is 9.05. The molecule has 0 aliphatic rings. The Morgan fingerprint density at radius 2 is 1.80 bits per heavy atom. The van der Waals surface area contributed by atoms with Crippen LogP contribution in [0.25, 0.3) is 10.2 Å². The third kappa shape index (κ3) is 3.04. The fraction of sp³-hybridized carbons (Fsp3) is 0.0714. The van der Waals surface area contributed by atoms with Gasteiger partial charge in [0.25, 0.3) is 0 Å². The maximum atomic E-state index is 9.05. The Morgan fingerprint density at radius 3 is 2.50 bits per heavy atom. The van der Waals surface area contributed by atoms with E-state index in [1.54, 1.807) is 35.2 Å². The molecular formula is C14H12BNO2S2. The van der Waals surface area contributed by atoms with E-state index in [0.717, 1.165) is 21.2 Å². The van der Waals surface area contributed by atoms with Gasteiger partial charge in [-0.15, -0.1) is 11.3 Å². The zero-order valence-corrected chi connectivity index (χ0v) is 12.2. The maximum Gasteiger partial charge on any atom is 0.488 e. The minimum Gasteiger partial charge on any atom is -0.423 e. The van der Waals surface area contributed by atoms with Gasteiger partial charge in [-0.1, -0.05) is 48.2 Å². The van der Waals surface area contributed by atoms with E-state index in [0.29, 0.717) is 5.46 Å². The summed E-state index contributed by atoms with van der Waals surface area (Å²) in [6.07, 6.45) is 0. The normalized spacial score (nSPS) is 10.9. The van der Waals surface area contributed by atoms with Crippen LogP contribution in [0, 0.1) is 0 Å². The smallest absolute Gasteiger partial charge is 0.423 e. The number of hydrogen-bond acceptors (Lipinski definition) is 5.